The van der Waals surface area contributed by atoms with Crippen LogP contribution in [0.2, 0.25) is 0 Å². The number of aliphatic hydroxyl groups is 1. The molecule has 1 N–H and O–H groups in total. The van der Waals surface area contributed by atoms with Gasteiger partial charge in [0.25, 0.3) is 0 Å². The first-order chi connectivity index (χ1) is 8.09. The molecule has 17 heavy (non-hydrogen) atoms. The van der Waals surface area contributed by atoms with Crippen molar-refractivity contribution in [3.05, 3.63) is 24.0 Å². The Morgan fingerprint density at radius 2 is 2.24 bits per heavy atom. The third-order valence-electron chi connectivity index (χ3n) is 3.41. The summed E-state index contributed by atoms with van der Waals surface area (Å²) >= 11 is 2.03. The molecule has 1 fully saturated rings. The lowest BCUT2D eigenvalue weighted by Crippen LogP contribution is -2.44. The first-order valence-electron chi connectivity index (χ1n) is 6.12. The van der Waals surface area contributed by atoms with Crippen LogP contribution < -0.4 is 4.90 Å². The van der Waals surface area contributed by atoms with Gasteiger partial charge in [-0.3, -0.25) is 4.98 Å². The van der Waals surface area contributed by atoms with Crippen molar-refractivity contribution in [1.82, 2.24) is 4.98 Å². The number of hydrogen-bond donors (Lipinski definition) is 1. The summed E-state index contributed by atoms with van der Waals surface area (Å²) in [5, 5.41) is 10.1. The average molecular weight is 252 g/mol. The van der Waals surface area contributed by atoms with E-state index >= 15 is 0 Å². The summed E-state index contributed by atoms with van der Waals surface area (Å²) in [4.78, 5) is 6.72. The van der Waals surface area contributed by atoms with E-state index in [1.54, 1.807) is 6.92 Å². The molecule has 0 amide bonds. The van der Waals surface area contributed by atoms with Crippen molar-refractivity contribution in [3.63, 3.8) is 0 Å². The molecule has 0 aliphatic carbocycles. The van der Waals surface area contributed by atoms with E-state index in [-0.39, 0.29) is 0 Å². The van der Waals surface area contributed by atoms with E-state index in [9.17, 15) is 5.11 Å². The van der Waals surface area contributed by atoms with Crippen molar-refractivity contribution >= 4 is 17.4 Å². The van der Waals surface area contributed by atoms with E-state index in [4.69, 9.17) is 0 Å². The normalized spacial score (nSPS) is 26.9. The number of anilines is 1. The molecule has 0 radical (unpaired) electrons. The third-order valence-corrected chi connectivity index (χ3v) is 4.75. The summed E-state index contributed by atoms with van der Waals surface area (Å²) in [5.74, 6) is 1.17. The van der Waals surface area contributed by atoms with Gasteiger partial charge in [0.1, 0.15) is 0 Å². The number of pyridine rings is 1. The van der Waals surface area contributed by atoms with E-state index < -0.39 is 6.10 Å². The van der Waals surface area contributed by atoms with Crippen LogP contribution in [0, 0.1) is 0 Å². The lowest BCUT2D eigenvalue weighted by molar-refractivity contribution is 0.194. The van der Waals surface area contributed by atoms with Gasteiger partial charge >= 0.3 is 0 Å². The SMILES string of the molecule is CC1SCCN(c2ccc([C@@H](C)O)nc2)C1C. The van der Waals surface area contributed by atoms with Crippen LogP contribution in [0.25, 0.3) is 0 Å². The molecule has 1 aromatic rings. The molecule has 3 nitrogen and oxygen atoms in total. The second-order valence-electron chi connectivity index (χ2n) is 4.63. The predicted octanol–water partition coefficient (Wildman–Crippen LogP) is 2.47. The second-order valence-corrected chi connectivity index (χ2v) is 6.11. The molecule has 1 aliphatic rings. The van der Waals surface area contributed by atoms with E-state index in [2.05, 4.69) is 29.8 Å². The summed E-state index contributed by atoms with van der Waals surface area (Å²) < 4.78 is 0. The fourth-order valence-corrected chi connectivity index (χ4v) is 3.21. The van der Waals surface area contributed by atoms with Crippen LogP contribution >= 0.6 is 11.8 Å². The minimum absolute atomic E-state index is 0.489. The van der Waals surface area contributed by atoms with Crippen LogP contribution in [0.5, 0.6) is 0 Å². The van der Waals surface area contributed by atoms with Gasteiger partial charge in [0.05, 0.1) is 23.7 Å². The Bertz CT molecular complexity index is 366. The molecule has 2 unspecified atom stereocenters. The lowest BCUT2D eigenvalue weighted by atomic mass is 10.1. The van der Waals surface area contributed by atoms with Gasteiger partial charge in [0.2, 0.25) is 0 Å². The molecular weight excluding hydrogens is 232 g/mol. The second kappa shape index (κ2) is 5.27. The fraction of sp³-hybridized carbons (Fsp3) is 0.615. The Hall–Kier alpha value is -0.740. The van der Waals surface area contributed by atoms with Crippen LogP contribution in [0.1, 0.15) is 32.6 Å². The first-order valence-corrected chi connectivity index (χ1v) is 7.16. The number of nitrogens with zero attached hydrogens (tertiary/aromatic N) is 2. The van der Waals surface area contributed by atoms with Gasteiger partial charge in [-0.05, 0) is 26.0 Å². The van der Waals surface area contributed by atoms with E-state index in [1.807, 2.05) is 24.0 Å². The molecule has 1 saturated heterocycles. The van der Waals surface area contributed by atoms with Crippen LogP contribution in [0.4, 0.5) is 5.69 Å². The van der Waals surface area contributed by atoms with Crippen molar-refractivity contribution in [2.24, 2.45) is 0 Å². The maximum atomic E-state index is 9.44. The minimum atomic E-state index is -0.489. The van der Waals surface area contributed by atoms with E-state index in [1.165, 1.54) is 5.75 Å². The summed E-state index contributed by atoms with van der Waals surface area (Å²) in [7, 11) is 0. The molecule has 1 aliphatic heterocycles. The molecule has 94 valence electrons. The number of thioether (sulfide) groups is 1. The van der Waals surface area contributed by atoms with Gasteiger partial charge in [-0.25, -0.2) is 0 Å². The zero-order valence-corrected chi connectivity index (χ0v) is 11.4. The quantitative estimate of drug-likeness (QED) is 0.877. The summed E-state index contributed by atoms with van der Waals surface area (Å²) in [6, 6.07) is 4.51. The first kappa shape index (κ1) is 12.7. The zero-order valence-electron chi connectivity index (χ0n) is 10.6. The summed E-state index contributed by atoms with van der Waals surface area (Å²) in [5.41, 5.74) is 1.90. The third kappa shape index (κ3) is 2.75. The van der Waals surface area contributed by atoms with Crippen LogP contribution in [-0.4, -0.2) is 33.7 Å². The van der Waals surface area contributed by atoms with Gasteiger partial charge in [0, 0.05) is 23.6 Å². The smallest absolute Gasteiger partial charge is 0.0931 e. The molecule has 0 bridgehead atoms. The zero-order chi connectivity index (χ0) is 12.4. The lowest BCUT2D eigenvalue weighted by Gasteiger charge is -2.39. The van der Waals surface area contributed by atoms with Crippen LogP contribution in [0.15, 0.2) is 18.3 Å². The van der Waals surface area contributed by atoms with Crippen molar-refractivity contribution in [3.8, 4) is 0 Å². The average Bonchev–Trinajstić information content (AvgIpc) is 2.33. The van der Waals surface area contributed by atoms with Gasteiger partial charge in [-0.1, -0.05) is 6.92 Å². The Morgan fingerprint density at radius 1 is 1.47 bits per heavy atom. The number of aliphatic hydroxyl groups excluding tert-OH is 1. The maximum absolute atomic E-state index is 9.44. The van der Waals surface area contributed by atoms with Crippen molar-refractivity contribution in [1.29, 1.82) is 0 Å². The molecule has 0 saturated carbocycles. The number of rotatable bonds is 2. The molecule has 3 atom stereocenters. The molecule has 4 heteroatoms. The standard InChI is InChI=1S/C13H20N2OS/c1-9-11(3)17-7-6-15(9)12-4-5-13(10(2)16)14-8-12/h4-5,8-11,16H,6-7H2,1-3H3/t9?,10-,11?/m1/s1. The van der Waals surface area contributed by atoms with Gasteiger partial charge in [-0.15, -0.1) is 0 Å². The highest BCUT2D eigenvalue weighted by molar-refractivity contribution is 8.00. The minimum Gasteiger partial charge on any atom is -0.387 e. The molecule has 0 spiro atoms. The molecule has 2 rings (SSSR count). The van der Waals surface area contributed by atoms with Crippen molar-refractivity contribution < 1.29 is 5.11 Å². The molecule has 2 heterocycles. The molecular formula is C13H20N2OS. The summed E-state index contributed by atoms with van der Waals surface area (Å²) in [6.45, 7) is 7.36. The van der Waals surface area contributed by atoms with E-state index in [0.29, 0.717) is 11.3 Å². The van der Waals surface area contributed by atoms with Gasteiger partial charge in [0.15, 0.2) is 0 Å². The largest absolute Gasteiger partial charge is 0.387 e. The summed E-state index contributed by atoms with van der Waals surface area (Å²) in [6.07, 6.45) is 1.39. The molecule has 1 aromatic heterocycles. The Morgan fingerprint density at radius 3 is 2.82 bits per heavy atom. The maximum Gasteiger partial charge on any atom is 0.0931 e. The Kier molecular flexibility index (Phi) is 3.94. The number of aromatic nitrogens is 1. The topological polar surface area (TPSA) is 36.4 Å². The number of hydrogen-bond acceptors (Lipinski definition) is 4. The van der Waals surface area contributed by atoms with Crippen LogP contribution in [-0.2, 0) is 0 Å². The van der Waals surface area contributed by atoms with Crippen molar-refractivity contribution in [2.45, 2.75) is 38.2 Å². The van der Waals surface area contributed by atoms with Gasteiger partial charge < -0.3 is 10.0 Å². The van der Waals surface area contributed by atoms with E-state index in [0.717, 1.165) is 17.9 Å². The predicted molar refractivity (Wildman–Crippen MR) is 73.6 cm³/mol. The highest BCUT2D eigenvalue weighted by atomic mass is 32.2. The fourth-order valence-electron chi connectivity index (χ4n) is 2.11. The van der Waals surface area contributed by atoms with Crippen LogP contribution in [0.3, 0.4) is 0 Å². The monoisotopic (exact) mass is 252 g/mol. The van der Waals surface area contributed by atoms with Gasteiger partial charge in [-0.2, -0.15) is 11.8 Å². The van der Waals surface area contributed by atoms with Crippen molar-refractivity contribution in [2.75, 3.05) is 17.2 Å². The molecule has 0 aromatic carbocycles. The Balaban J connectivity index is 2.16. The Labute approximate surface area is 107 Å². The highest BCUT2D eigenvalue weighted by Gasteiger charge is 2.25. The highest BCUT2D eigenvalue weighted by Crippen LogP contribution is 2.28.